The zero-order valence-electron chi connectivity index (χ0n) is 11.6. The molecule has 0 aliphatic carbocycles. The van der Waals surface area contributed by atoms with E-state index in [0.717, 1.165) is 18.4 Å². The molecular weight excluding hydrogens is 240 g/mol. The van der Waals surface area contributed by atoms with Crippen molar-refractivity contribution in [3.63, 3.8) is 0 Å². The first-order valence-corrected chi connectivity index (χ1v) is 6.40. The van der Waals surface area contributed by atoms with Crippen LogP contribution in [0.2, 0.25) is 0 Å². The summed E-state index contributed by atoms with van der Waals surface area (Å²) in [6.45, 7) is 6.37. The molecule has 1 heterocycles. The Morgan fingerprint density at radius 1 is 1.26 bits per heavy atom. The Hall–Kier alpha value is -2.11. The third-order valence-electron chi connectivity index (χ3n) is 3.22. The van der Waals surface area contributed by atoms with Crippen LogP contribution in [-0.2, 0) is 5.54 Å². The predicted octanol–water partition coefficient (Wildman–Crippen LogP) is 2.04. The zero-order valence-corrected chi connectivity index (χ0v) is 11.6. The van der Waals surface area contributed by atoms with Crippen LogP contribution in [0.25, 0.3) is 11.4 Å². The molecule has 0 amide bonds. The van der Waals surface area contributed by atoms with Crippen LogP contribution in [0.15, 0.2) is 18.2 Å². The van der Waals surface area contributed by atoms with Crippen molar-refractivity contribution in [1.82, 2.24) is 20.2 Å². The lowest BCUT2D eigenvalue weighted by Gasteiger charge is -2.25. The molecule has 0 bridgehead atoms. The molecule has 6 heteroatoms. The number of rotatable bonds is 4. The molecule has 0 spiro atoms. The molecule has 4 N–H and O–H groups in total. The molecular formula is C13H20N6. The molecule has 1 aromatic heterocycles. The fourth-order valence-corrected chi connectivity index (χ4v) is 2.27. The van der Waals surface area contributed by atoms with Crippen molar-refractivity contribution in [3.05, 3.63) is 18.2 Å². The van der Waals surface area contributed by atoms with E-state index >= 15 is 0 Å². The van der Waals surface area contributed by atoms with Crippen molar-refractivity contribution < 1.29 is 0 Å². The van der Waals surface area contributed by atoms with Gasteiger partial charge in [0.15, 0.2) is 5.82 Å². The quantitative estimate of drug-likeness (QED) is 0.820. The minimum absolute atomic E-state index is 0.151. The van der Waals surface area contributed by atoms with Crippen molar-refractivity contribution in [2.45, 2.75) is 39.2 Å². The van der Waals surface area contributed by atoms with Gasteiger partial charge >= 0.3 is 0 Å². The first kappa shape index (κ1) is 13.3. The molecule has 0 radical (unpaired) electrons. The largest absolute Gasteiger partial charge is 0.399 e. The highest BCUT2D eigenvalue weighted by atomic mass is 15.6. The standard InChI is InChI=1S/C13H20N6/c1-4-7-13(2,3)19-12(16-17-18-19)10-6-5-9(14)8-11(10)15/h5-6,8H,4,7,14-15H2,1-3H3. The fraction of sp³-hybridized carbons (Fsp3) is 0.462. The Balaban J connectivity index is 2.50. The maximum atomic E-state index is 6.01. The second-order valence-corrected chi connectivity index (χ2v) is 5.32. The lowest BCUT2D eigenvalue weighted by molar-refractivity contribution is 0.290. The zero-order chi connectivity index (χ0) is 14.0. The van der Waals surface area contributed by atoms with Crippen molar-refractivity contribution >= 4 is 11.4 Å². The first-order valence-electron chi connectivity index (χ1n) is 6.40. The maximum Gasteiger partial charge on any atom is 0.184 e. The van der Waals surface area contributed by atoms with Gasteiger partial charge < -0.3 is 11.5 Å². The van der Waals surface area contributed by atoms with Gasteiger partial charge in [-0.05, 0) is 48.9 Å². The second-order valence-electron chi connectivity index (χ2n) is 5.32. The highest BCUT2D eigenvalue weighted by Gasteiger charge is 2.25. The minimum Gasteiger partial charge on any atom is -0.399 e. The van der Waals surface area contributed by atoms with Crippen LogP contribution in [0.5, 0.6) is 0 Å². The first-order chi connectivity index (χ1) is 8.95. The summed E-state index contributed by atoms with van der Waals surface area (Å²) < 4.78 is 1.83. The molecule has 2 aromatic rings. The van der Waals surface area contributed by atoms with Crippen LogP contribution in [0.3, 0.4) is 0 Å². The summed E-state index contributed by atoms with van der Waals surface area (Å²) in [4.78, 5) is 0. The van der Waals surface area contributed by atoms with Gasteiger partial charge in [-0.3, -0.25) is 0 Å². The van der Waals surface area contributed by atoms with Gasteiger partial charge in [-0.1, -0.05) is 13.3 Å². The molecule has 0 saturated carbocycles. The summed E-state index contributed by atoms with van der Waals surface area (Å²) in [5.74, 6) is 0.677. The van der Waals surface area contributed by atoms with Gasteiger partial charge in [0.2, 0.25) is 0 Å². The number of tetrazole rings is 1. The Labute approximate surface area is 112 Å². The lowest BCUT2D eigenvalue weighted by Crippen LogP contribution is -2.28. The number of nitrogens with two attached hydrogens (primary N) is 2. The fourth-order valence-electron chi connectivity index (χ4n) is 2.27. The summed E-state index contributed by atoms with van der Waals surface area (Å²) >= 11 is 0. The molecule has 6 nitrogen and oxygen atoms in total. The highest BCUT2D eigenvalue weighted by molar-refractivity contribution is 5.74. The van der Waals surface area contributed by atoms with Gasteiger partial charge in [0.05, 0.1) is 5.54 Å². The van der Waals surface area contributed by atoms with Crippen LogP contribution in [0, 0.1) is 0 Å². The van der Waals surface area contributed by atoms with E-state index in [1.807, 2.05) is 10.7 Å². The smallest absolute Gasteiger partial charge is 0.184 e. The molecule has 0 aliphatic heterocycles. The third kappa shape index (κ3) is 2.52. The van der Waals surface area contributed by atoms with E-state index in [1.165, 1.54) is 0 Å². The Kier molecular flexibility index (Phi) is 3.42. The summed E-state index contributed by atoms with van der Waals surface area (Å²) in [6.07, 6.45) is 2.05. The third-order valence-corrected chi connectivity index (χ3v) is 3.22. The van der Waals surface area contributed by atoms with Crippen molar-refractivity contribution in [3.8, 4) is 11.4 Å². The molecule has 0 fully saturated rings. The van der Waals surface area contributed by atoms with Gasteiger partial charge in [0.25, 0.3) is 0 Å². The number of nitrogen functional groups attached to an aromatic ring is 2. The molecule has 19 heavy (non-hydrogen) atoms. The molecule has 1 aromatic carbocycles. The van der Waals surface area contributed by atoms with Crippen molar-refractivity contribution in [2.75, 3.05) is 11.5 Å². The van der Waals surface area contributed by atoms with Crippen LogP contribution in [0.1, 0.15) is 33.6 Å². The summed E-state index contributed by atoms with van der Waals surface area (Å²) in [5.41, 5.74) is 13.6. The molecule has 0 aliphatic rings. The number of nitrogens with zero attached hydrogens (tertiary/aromatic N) is 4. The normalized spacial score (nSPS) is 11.7. The molecule has 102 valence electrons. The van der Waals surface area contributed by atoms with Gasteiger partial charge in [0, 0.05) is 16.9 Å². The van der Waals surface area contributed by atoms with E-state index in [-0.39, 0.29) is 5.54 Å². The molecule has 0 saturated heterocycles. The summed E-state index contributed by atoms with van der Waals surface area (Å²) in [5, 5.41) is 12.0. The number of hydrogen-bond acceptors (Lipinski definition) is 5. The summed E-state index contributed by atoms with van der Waals surface area (Å²) in [6, 6.07) is 5.38. The van der Waals surface area contributed by atoms with Crippen LogP contribution in [-0.4, -0.2) is 20.2 Å². The topological polar surface area (TPSA) is 95.6 Å². The number of benzene rings is 1. The van der Waals surface area contributed by atoms with E-state index in [2.05, 4.69) is 36.3 Å². The number of hydrogen-bond donors (Lipinski definition) is 2. The predicted molar refractivity (Wildman–Crippen MR) is 76.3 cm³/mol. The number of anilines is 2. The molecule has 0 unspecified atom stereocenters. The van der Waals surface area contributed by atoms with E-state index in [1.54, 1.807) is 12.1 Å². The average molecular weight is 260 g/mol. The van der Waals surface area contributed by atoms with E-state index in [4.69, 9.17) is 11.5 Å². The Morgan fingerprint density at radius 2 is 2.00 bits per heavy atom. The van der Waals surface area contributed by atoms with Crippen LogP contribution in [0.4, 0.5) is 11.4 Å². The van der Waals surface area contributed by atoms with Gasteiger partial charge in [-0.15, -0.1) is 5.10 Å². The van der Waals surface area contributed by atoms with E-state index in [0.29, 0.717) is 17.2 Å². The van der Waals surface area contributed by atoms with E-state index in [9.17, 15) is 0 Å². The maximum absolute atomic E-state index is 6.01. The van der Waals surface area contributed by atoms with Crippen LogP contribution >= 0.6 is 0 Å². The van der Waals surface area contributed by atoms with Crippen molar-refractivity contribution in [1.29, 1.82) is 0 Å². The number of aromatic nitrogens is 4. The Morgan fingerprint density at radius 3 is 2.63 bits per heavy atom. The lowest BCUT2D eigenvalue weighted by atomic mass is 9.98. The molecule has 2 rings (SSSR count). The average Bonchev–Trinajstić information content (AvgIpc) is 2.78. The van der Waals surface area contributed by atoms with Crippen molar-refractivity contribution in [2.24, 2.45) is 0 Å². The van der Waals surface area contributed by atoms with Gasteiger partial charge in [-0.2, -0.15) is 0 Å². The summed E-state index contributed by atoms with van der Waals surface area (Å²) in [7, 11) is 0. The second kappa shape index (κ2) is 4.87. The van der Waals surface area contributed by atoms with Gasteiger partial charge in [0.1, 0.15) is 0 Å². The monoisotopic (exact) mass is 260 g/mol. The van der Waals surface area contributed by atoms with Gasteiger partial charge in [-0.25, -0.2) is 4.68 Å². The SMILES string of the molecule is CCCC(C)(C)n1nnnc1-c1ccc(N)cc1N. The highest BCUT2D eigenvalue weighted by Crippen LogP contribution is 2.30. The van der Waals surface area contributed by atoms with Crippen LogP contribution < -0.4 is 11.5 Å². The molecule has 0 atom stereocenters. The minimum atomic E-state index is -0.151. The van der Waals surface area contributed by atoms with E-state index < -0.39 is 0 Å². The Bertz CT molecular complexity index is 572.